The van der Waals surface area contributed by atoms with E-state index >= 15 is 0 Å². The molecule has 5 rings (SSSR count). The van der Waals surface area contributed by atoms with Crippen molar-refractivity contribution in [3.05, 3.63) is 57.9 Å². The minimum absolute atomic E-state index is 0.0629. The molecule has 0 unspecified atom stereocenters. The molecule has 1 amide bonds. The van der Waals surface area contributed by atoms with Crippen molar-refractivity contribution in [2.45, 2.75) is 26.9 Å². The lowest BCUT2D eigenvalue weighted by molar-refractivity contribution is 0.0191. The van der Waals surface area contributed by atoms with Gasteiger partial charge in [0.25, 0.3) is 5.91 Å². The van der Waals surface area contributed by atoms with Crippen LogP contribution in [0.5, 0.6) is 0 Å². The van der Waals surface area contributed by atoms with E-state index in [0.29, 0.717) is 65.6 Å². The van der Waals surface area contributed by atoms with Gasteiger partial charge in [0.1, 0.15) is 11.8 Å². The van der Waals surface area contributed by atoms with Gasteiger partial charge < -0.3 is 18.5 Å². The highest BCUT2D eigenvalue weighted by atomic mass is 32.1. The molecule has 4 aromatic heterocycles. The number of furan rings is 2. The van der Waals surface area contributed by atoms with E-state index < -0.39 is 5.97 Å². The predicted octanol–water partition coefficient (Wildman–Crippen LogP) is 4.74. The number of ether oxygens (including phenoxy) is 1. The Hall–Kier alpha value is -3.28. The minimum Gasteiger partial charge on any atom is -0.462 e. The highest BCUT2D eigenvalue weighted by molar-refractivity contribution is 7.15. The predicted molar refractivity (Wildman–Crippen MR) is 136 cm³/mol. The summed E-state index contributed by atoms with van der Waals surface area (Å²) in [4.78, 5) is 40.5. The van der Waals surface area contributed by atoms with Crippen molar-refractivity contribution in [2.75, 3.05) is 32.7 Å². The van der Waals surface area contributed by atoms with Gasteiger partial charge in [0, 0.05) is 42.5 Å². The monoisotopic (exact) mass is 526 g/mol. The Morgan fingerprint density at radius 3 is 2.06 bits per heavy atom. The zero-order valence-corrected chi connectivity index (χ0v) is 21.9. The third kappa shape index (κ3) is 5.13. The Labute approximate surface area is 216 Å². The zero-order chi connectivity index (χ0) is 25.2. The van der Waals surface area contributed by atoms with Gasteiger partial charge in [0.15, 0.2) is 27.2 Å². The van der Waals surface area contributed by atoms with E-state index in [1.165, 1.54) is 22.7 Å². The second kappa shape index (κ2) is 10.4. The molecule has 188 valence electrons. The highest BCUT2D eigenvalue weighted by Crippen LogP contribution is 2.30. The van der Waals surface area contributed by atoms with Crippen molar-refractivity contribution in [3.8, 4) is 21.5 Å². The number of esters is 1. The maximum atomic E-state index is 13.1. The van der Waals surface area contributed by atoms with E-state index in [2.05, 4.69) is 14.9 Å². The molecule has 11 heteroatoms. The molecule has 4 aromatic rings. The van der Waals surface area contributed by atoms with Crippen LogP contribution in [0.1, 0.15) is 37.7 Å². The topological polar surface area (TPSA) is 102 Å². The molecule has 1 fully saturated rings. The van der Waals surface area contributed by atoms with Crippen molar-refractivity contribution < 1.29 is 23.2 Å². The van der Waals surface area contributed by atoms with Crippen LogP contribution in [0.3, 0.4) is 0 Å². The number of hydrogen-bond acceptors (Lipinski definition) is 10. The third-order valence-electron chi connectivity index (χ3n) is 5.94. The van der Waals surface area contributed by atoms with Gasteiger partial charge in [-0.15, -0.1) is 22.7 Å². The second-order valence-corrected chi connectivity index (χ2v) is 11.0. The lowest BCUT2D eigenvalue weighted by atomic mass is 10.2. The molecule has 0 spiro atoms. The molecule has 9 nitrogen and oxygen atoms in total. The molecule has 1 aliphatic rings. The van der Waals surface area contributed by atoms with Gasteiger partial charge in [0.05, 0.1) is 12.5 Å². The fraction of sp³-hybridized carbons (Fsp3) is 0.360. The summed E-state index contributed by atoms with van der Waals surface area (Å²) in [5, 5.41) is 1.37. The molecule has 0 bridgehead atoms. The lowest BCUT2D eigenvalue weighted by Gasteiger charge is -2.35. The van der Waals surface area contributed by atoms with Gasteiger partial charge in [-0.3, -0.25) is 9.69 Å². The molecule has 36 heavy (non-hydrogen) atoms. The van der Waals surface area contributed by atoms with Crippen molar-refractivity contribution in [2.24, 2.45) is 0 Å². The average molecular weight is 527 g/mol. The van der Waals surface area contributed by atoms with Crippen LogP contribution in [0.15, 0.2) is 45.6 Å². The fourth-order valence-electron chi connectivity index (χ4n) is 4.11. The number of amides is 1. The maximum Gasteiger partial charge on any atom is 0.358 e. The van der Waals surface area contributed by atoms with Gasteiger partial charge in [-0.05, 0) is 45.0 Å². The highest BCUT2D eigenvalue weighted by Gasteiger charge is 2.28. The molecule has 5 heterocycles. The number of nitrogens with zero attached hydrogens (tertiary/aromatic N) is 4. The first-order valence-corrected chi connectivity index (χ1v) is 13.3. The number of rotatable bonds is 7. The van der Waals surface area contributed by atoms with E-state index in [4.69, 9.17) is 13.6 Å². The van der Waals surface area contributed by atoms with Crippen LogP contribution in [-0.2, 0) is 4.74 Å². The maximum absolute atomic E-state index is 13.1. The van der Waals surface area contributed by atoms with Crippen LogP contribution in [0, 0.1) is 13.8 Å². The van der Waals surface area contributed by atoms with Crippen LogP contribution < -0.4 is 0 Å². The van der Waals surface area contributed by atoms with E-state index in [0.717, 1.165) is 9.75 Å². The van der Waals surface area contributed by atoms with E-state index in [9.17, 15) is 9.59 Å². The van der Waals surface area contributed by atoms with Crippen molar-refractivity contribution in [1.29, 1.82) is 0 Å². The van der Waals surface area contributed by atoms with Gasteiger partial charge in [-0.2, -0.15) is 0 Å². The first-order valence-electron chi connectivity index (χ1n) is 11.6. The lowest BCUT2D eigenvalue weighted by Crippen LogP contribution is -2.50. The summed E-state index contributed by atoms with van der Waals surface area (Å²) in [7, 11) is 0. The standard InChI is InChI=1S/C25H26N4O5S2/c1-15(34-25(31)21-17(3)36-23(27-21)19-7-5-13-33-19)14-28-8-10-29(11-9-28)24(30)20-16(2)35-22(26-20)18-6-4-12-32-18/h4-7,12-13,15H,8-11,14H2,1-3H3/t15-/m1/s1. The van der Waals surface area contributed by atoms with Crippen molar-refractivity contribution in [1.82, 2.24) is 19.8 Å². The molecule has 1 saturated heterocycles. The fourth-order valence-corrected chi connectivity index (χ4v) is 5.86. The summed E-state index contributed by atoms with van der Waals surface area (Å²) in [6.07, 6.45) is 2.86. The Bertz CT molecular complexity index is 1330. The Kier molecular flexibility index (Phi) is 7.04. The van der Waals surface area contributed by atoms with Gasteiger partial charge in [-0.1, -0.05) is 0 Å². The number of carbonyl (C=O) groups excluding carboxylic acids is 2. The molecule has 0 aliphatic carbocycles. The van der Waals surface area contributed by atoms with E-state index in [1.54, 1.807) is 24.7 Å². The average Bonchev–Trinajstić information content (AvgIpc) is 3.65. The summed E-state index contributed by atoms with van der Waals surface area (Å²) < 4.78 is 16.5. The zero-order valence-electron chi connectivity index (χ0n) is 20.2. The summed E-state index contributed by atoms with van der Waals surface area (Å²) in [5.74, 6) is 0.800. The number of piperazine rings is 1. The van der Waals surface area contributed by atoms with E-state index in [-0.39, 0.29) is 12.0 Å². The third-order valence-corrected chi connectivity index (χ3v) is 7.91. The smallest absolute Gasteiger partial charge is 0.358 e. The normalized spacial score (nSPS) is 15.2. The SMILES string of the molecule is Cc1sc(-c2ccco2)nc1C(=O)O[C@H](C)CN1CCN(C(=O)c2nc(-c3ccco3)sc2C)CC1. The molecular weight excluding hydrogens is 500 g/mol. The van der Waals surface area contributed by atoms with Crippen molar-refractivity contribution >= 4 is 34.6 Å². The molecule has 0 radical (unpaired) electrons. The number of thiazole rings is 2. The summed E-state index contributed by atoms with van der Waals surface area (Å²) in [6.45, 7) is 8.78. The van der Waals surface area contributed by atoms with Crippen LogP contribution >= 0.6 is 22.7 Å². The minimum atomic E-state index is -0.436. The largest absolute Gasteiger partial charge is 0.462 e. The van der Waals surface area contributed by atoms with Crippen LogP contribution in [0.2, 0.25) is 0 Å². The Morgan fingerprint density at radius 2 is 1.50 bits per heavy atom. The summed E-state index contributed by atoms with van der Waals surface area (Å²) >= 11 is 2.86. The van der Waals surface area contributed by atoms with Gasteiger partial charge >= 0.3 is 5.97 Å². The van der Waals surface area contributed by atoms with Crippen molar-refractivity contribution in [3.63, 3.8) is 0 Å². The van der Waals surface area contributed by atoms with E-state index in [1.807, 2.05) is 37.8 Å². The molecule has 1 atom stereocenters. The first kappa shape index (κ1) is 24.4. The summed E-state index contributed by atoms with van der Waals surface area (Å²) in [5.41, 5.74) is 0.802. The van der Waals surface area contributed by atoms with Crippen LogP contribution in [0.4, 0.5) is 0 Å². The number of aryl methyl sites for hydroxylation is 2. The van der Waals surface area contributed by atoms with Gasteiger partial charge in [0.2, 0.25) is 0 Å². The molecule has 0 N–H and O–H groups in total. The molecular formula is C25H26N4O5S2. The quantitative estimate of drug-likeness (QED) is 0.318. The Balaban J connectivity index is 1.13. The van der Waals surface area contributed by atoms with Crippen LogP contribution in [-0.4, -0.2) is 70.5 Å². The van der Waals surface area contributed by atoms with Gasteiger partial charge in [-0.25, -0.2) is 14.8 Å². The first-order chi connectivity index (χ1) is 17.4. The number of hydrogen-bond donors (Lipinski definition) is 0. The molecule has 0 saturated carbocycles. The number of carbonyl (C=O) groups is 2. The van der Waals surface area contributed by atoms with Crippen LogP contribution in [0.25, 0.3) is 21.5 Å². The summed E-state index contributed by atoms with van der Waals surface area (Å²) in [6, 6.07) is 7.25. The number of aromatic nitrogens is 2. The Morgan fingerprint density at radius 1 is 0.944 bits per heavy atom. The second-order valence-electron chi connectivity index (χ2n) is 8.61. The molecule has 1 aliphatic heterocycles. The molecule has 0 aromatic carbocycles.